The third-order valence-electron chi connectivity index (χ3n) is 2.51. The minimum absolute atomic E-state index is 0.292. The molecule has 0 radical (unpaired) electrons. The summed E-state index contributed by atoms with van der Waals surface area (Å²) in [6.07, 6.45) is 5.95. The molecule has 0 nitrogen and oxygen atoms in total. The van der Waals surface area contributed by atoms with Crippen LogP contribution in [0.25, 0.3) is 0 Å². The van der Waals surface area contributed by atoms with Gasteiger partial charge in [-0.2, -0.15) is 0 Å². The van der Waals surface area contributed by atoms with Crippen LogP contribution in [0.2, 0.25) is 0 Å². The fraction of sp³-hybridized carbons (Fsp3) is 0.778. The third-order valence-corrected chi connectivity index (χ3v) is 3.22. The Hall–Kier alpha value is 0.320. The zero-order valence-electron chi connectivity index (χ0n) is 6.71. The number of hydrogen-bond donors (Lipinski definition) is 0. The quantitative estimate of drug-likeness (QED) is 0.595. The maximum absolute atomic E-state index is 5.91. The van der Waals surface area contributed by atoms with E-state index >= 15 is 0 Å². The first-order valence-corrected chi connectivity index (χ1v) is 4.99. The van der Waals surface area contributed by atoms with E-state index in [1.165, 1.54) is 25.7 Å². The van der Waals surface area contributed by atoms with Gasteiger partial charge in [0.2, 0.25) is 0 Å². The van der Waals surface area contributed by atoms with Gasteiger partial charge in [-0.3, -0.25) is 0 Å². The first kappa shape index (κ1) is 9.41. The molecule has 0 atom stereocenters. The molecular weight excluding hydrogens is 179 g/mol. The largest absolute Gasteiger partial charge is 0.126 e. The van der Waals surface area contributed by atoms with Crippen molar-refractivity contribution in [2.24, 2.45) is 5.41 Å². The zero-order valence-corrected chi connectivity index (χ0v) is 8.22. The Morgan fingerprint density at radius 1 is 1.36 bits per heavy atom. The first-order valence-electron chi connectivity index (χ1n) is 4.08. The van der Waals surface area contributed by atoms with Gasteiger partial charge in [-0.1, -0.05) is 31.0 Å². The van der Waals surface area contributed by atoms with Gasteiger partial charge < -0.3 is 0 Å². The SMILES string of the molecule is C=C(Cl)CC1(CCl)CCCC1. The summed E-state index contributed by atoms with van der Waals surface area (Å²) in [5, 5.41) is 0.757. The summed E-state index contributed by atoms with van der Waals surface area (Å²) in [6.45, 7) is 3.72. The second-order valence-electron chi connectivity index (χ2n) is 3.53. The number of alkyl halides is 1. The maximum Gasteiger partial charge on any atom is 0.0283 e. The summed E-state index contributed by atoms with van der Waals surface area (Å²) < 4.78 is 0. The smallest absolute Gasteiger partial charge is 0.0283 e. The number of hydrogen-bond acceptors (Lipinski definition) is 0. The number of allylic oxidation sites excluding steroid dienone is 1. The van der Waals surface area contributed by atoms with Gasteiger partial charge in [0.15, 0.2) is 0 Å². The maximum atomic E-state index is 5.91. The Morgan fingerprint density at radius 2 is 1.91 bits per heavy atom. The van der Waals surface area contributed by atoms with E-state index in [1.807, 2.05) is 0 Å². The highest BCUT2D eigenvalue weighted by Crippen LogP contribution is 2.44. The van der Waals surface area contributed by atoms with E-state index in [2.05, 4.69) is 6.58 Å². The van der Waals surface area contributed by atoms with E-state index in [0.717, 1.165) is 17.3 Å². The van der Waals surface area contributed by atoms with Crippen LogP contribution in [0.4, 0.5) is 0 Å². The van der Waals surface area contributed by atoms with Gasteiger partial charge in [0.1, 0.15) is 0 Å². The average molecular weight is 193 g/mol. The molecule has 0 aliphatic heterocycles. The van der Waals surface area contributed by atoms with Crippen LogP contribution < -0.4 is 0 Å². The van der Waals surface area contributed by atoms with Gasteiger partial charge >= 0.3 is 0 Å². The molecule has 11 heavy (non-hydrogen) atoms. The lowest BCUT2D eigenvalue weighted by molar-refractivity contribution is 0.346. The molecule has 0 heterocycles. The summed E-state index contributed by atoms with van der Waals surface area (Å²) >= 11 is 11.7. The Morgan fingerprint density at radius 3 is 2.27 bits per heavy atom. The van der Waals surface area contributed by atoms with Gasteiger partial charge in [0, 0.05) is 10.9 Å². The Balaban J connectivity index is 2.52. The molecule has 0 spiro atoms. The topological polar surface area (TPSA) is 0 Å². The van der Waals surface area contributed by atoms with Crippen molar-refractivity contribution >= 4 is 23.2 Å². The molecule has 0 saturated heterocycles. The normalized spacial score (nSPS) is 22.0. The van der Waals surface area contributed by atoms with Gasteiger partial charge in [-0.25, -0.2) is 0 Å². The second-order valence-corrected chi connectivity index (χ2v) is 4.34. The lowest BCUT2D eigenvalue weighted by atomic mass is 9.85. The third kappa shape index (κ3) is 2.38. The van der Waals surface area contributed by atoms with E-state index in [1.54, 1.807) is 0 Å². The Bertz CT molecular complexity index is 146. The standard InChI is InChI=1S/C9H14Cl2/c1-8(11)6-9(7-10)4-2-3-5-9/h1-7H2. The van der Waals surface area contributed by atoms with E-state index < -0.39 is 0 Å². The molecule has 64 valence electrons. The molecule has 2 heteroatoms. The molecule has 0 bridgehead atoms. The van der Waals surface area contributed by atoms with Gasteiger partial charge in [0.05, 0.1) is 0 Å². The lowest BCUT2D eigenvalue weighted by Crippen LogP contribution is -2.17. The van der Waals surface area contributed by atoms with Crippen molar-refractivity contribution in [2.75, 3.05) is 5.88 Å². The minimum Gasteiger partial charge on any atom is -0.126 e. The van der Waals surface area contributed by atoms with Crippen LogP contribution in [0.1, 0.15) is 32.1 Å². The van der Waals surface area contributed by atoms with Crippen molar-refractivity contribution in [3.05, 3.63) is 11.6 Å². The fourth-order valence-corrected chi connectivity index (χ4v) is 2.53. The monoisotopic (exact) mass is 192 g/mol. The summed E-state index contributed by atoms with van der Waals surface area (Å²) in [4.78, 5) is 0. The molecule has 1 fully saturated rings. The van der Waals surface area contributed by atoms with Crippen molar-refractivity contribution in [3.63, 3.8) is 0 Å². The molecule has 1 saturated carbocycles. The van der Waals surface area contributed by atoms with E-state index in [4.69, 9.17) is 23.2 Å². The number of rotatable bonds is 3. The van der Waals surface area contributed by atoms with Crippen molar-refractivity contribution in [1.82, 2.24) is 0 Å². The van der Waals surface area contributed by atoms with Crippen molar-refractivity contribution in [1.29, 1.82) is 0 Å². The van der Waals surface area contributed by atoms with Crippen LogP contribution in [-0.2, 0) is 0 Å². The molecule has 1 rings (SSSR count). The average Bonchev–Trinajstić information content (AvgIpc) is 2.36. The highest BCUT2D eigenvalue weighted by atomic mass is 35.5. The van der Waals surface area contributed by atoms with Gasteiger partial charge in [-0.05, 0) is 24.7 Å². The Kier molecular flexibility index (Phi) is 3.27. The van der Waals surface area contributed by atoms with Crippen LogP contribution in [0.3, 0.4) is 0 Å². The van der Waals surface area contributed by atoms with Gasteiger partial charge in [0.25, 0.3) is 0 Å². The van der Waals surface area contributed by atoms with Crippen molar-refractivity contribution in [3.8, 4) is 0 Å². The molecule has 0 aromatic carbocycles. The molecule has 1 aliphatic carbocycles. The van der Waals surface area contributed by atoms with Crippen LogP contribution >= 0.6 is 23.2 Å². The molecular formula is C9H14Cl2. The van der Waals surface area contributed by atoms with Crippen LogP contribution in [0.15, 0.2) is 11.6 Å². The highest BCUT2D eigenvalue weighted by molar-refractivity contribution is 6.29. The fourth-order valence-electron chi connectivity index (χ4n) is 1.89. The molecule has 0 N–H and O–H groups in total. The lowest BCUT2D eigenvalue weighted by Gasteiger charge is -2.25. The summed E-state index contributed by atoms with van der Waals surface area (Å²) in [7, 11) is 0. The zero-order chi connectivity index (χ0) is 8.32. The molecule has 0 aromatic heterocycles. The van der Waals surface area contributed by atoms with Crippen molar-refractivity contribution < 1.29 is 0 Å². The second kappa shape index (κ2) is 3.82. The molecule has 0 amide bonds. The molecule has 1 aliphatic rings. The van der Waals surface area contributed by atoms with E-state index in [9.17, 15) is 0 Å². The summed E-state index contributed by atoms with van der Waals surface area (Å²) in [6, 6.07) is 0. The highest BCUT2D eigenvalue weighted by Gasteiger charge is 2.32. The van der Waals surface area contributed by atoms with Crippen molar-refractivity contribution in [2.45, 2.75) is 32.1 Å². The van der Waals surface area contributed by atoms with Crippen LogP contribution in [-0.4, -0.2) is 5.88 Å². The van der Waals surface area contributed by atoms with E-state index in [0.29, 0.717) is 5.41 Å². The predicted octanol–water partition coefficient (Wildman–Crippen LogP) is 3.93. The summed E-state index contributed by atoms with van der Waals surface area (Å²) in [5.74, 6) is 0.735. The number of halogens is 2. The first-order chi connectivity index (χ1) is 5.18. The van der Waals surface area contributed by atoms with Crippen LogP contribution in [0.5, 0.6) is 0 Å². The minimum atomic E-state index is 0.292. The predicted molar refractivity (Wildman–Crippen MR) is 51.2 cm³/mol. The molecule has 0 unspecified atom stereocenters. The Labute approximate surface area is 78.6 Å². The molecule has 0 aromatic rings. The van der Waals surface area contributed by atoms with E-state index in [-0.39, 0.29) is 0 Å². The van der Waals surface area contributed by atoms with Crippen LogP contribution in [0, 0.1) is 5.41 Å². The van der Waals surface area contributed by atoms with Gasteiger partial charge in [-0.15, -0.1) is 11.6 Å². The summed E-state index contributed by atoms with van der Waals surface area (Å²) in [5.41, 5.74) is 0.292.